The summed E-state index contributed by atoms with van der Waals surface area (Å²) in [6, 6.07) is 9.18. The molecule has 0 bridgehead atoms. The summed E-state index contributed by atoms with van der Waals surface area (Å²) in [6.07, 6.45) is 0. The van der Waals surface area contributed by atoms with Gasteiger partial charge in [0.05, 0.1) is 6.04 Å². The SMILES string of the molecule is CNC(c1ccc(F)c(F)c1)c1cc(Cl)ccc1I. The Bertz CT molecular complexity index is 604. The van der Waals surface area contributed by atoms with Gasteiger partial charge >= 0.3 is 0 Å². The smallest absolute Gasteiger partial charge is 0.159 e. The zero-order valence-electron chi connectivity index (χ0n) is 10.1. The normalized spacial score (nSPS) is 12.5. The first-order chi connectivity index (χ1) is 9.02. The fourth-order valence-corrected chi connectivity index (χ4v) is 2.76. The van der Waals surface area contributed by atoms with Crippen LogP contribution >= 0.6 is 34.2 Å². The van der Waals surface area contributed by atoms with E-state index in [9.17, 15) is 8.78 Å². The van der Waals surface area contributed by atoms with Crippen molar-refractivity contribution in [3.63, 3.8) is 0 Å². The largest absolute Gasteiger partial charge is 0.309 e. The summed E-state index contributed by atoms with van der Waals surface area (Å²) < 4.78 is 27.3. The average Bonchev–Trinajstić information content (AvgIpc) is 2.38. The third-order valence-corrected chi connectivity index (χ3v) is 4.05. The molecule has 0 aliphatic rings. The zero-order chi connectivity index (χ0) is 14.0. The standard InChI is InChI=1S/C14H11ClF2IN/c1-19-14(8-2-4-11(16)12(17)6-8)10-7-9(15)3-5-13(10)18/h2-7,14,19H,1H3. The molecule has 100 valence electrons. The predicted octanol–water partition coefficient (Wildman–Crippen LogP) is 4.53. The van der Waals surface area contributed by atoms with E-state index in [0.29, 0.717) is 10.6 Å². The minimum absolute atomic E-state index is 0.235. The molecule has 1 unspecified atom stereocenters. The molecule has 2 aromatic carbocycles. The lowest BCUT2D eigenvalue weighted by molar-refractivity contribution is 0.505. The molecule has 2 aromatic rings. The van der Waals surface area contributed by atoms with Gasteiger partial charge in [0, 0.05) is 8.59 Å². The predicted molar refractivity (Wildman–Crippen MR) is 81.4 cm³/mol. The molecule has 0 radical (unpaired) electrons. The Balaban J connectivity index is 2.49. The highest BCUT2D eigenvalue weighted by Crippen LogP contribution is 2.29. The van der Waals surface area contributed by atoms with Crippen molar-refractivity contribution >= 4 is 34.2 Å². The van der Waals surface area contributed by atoms with Crippen LogP contribution in [0.4, 0.5) is 8.78 Å². The second kappa shape index (κ2) is 6.15. The molecule has 0 fully saturated rings. The number of halogens is 4. The molecule has 0 aliphatic heterocycles. The minimum atomic E-state index is -0.852. The van der Waals surface area contributed by atoms with Crippen LogP contribution in [0.2, 0.25) is 5.02 Å². The molecule has 0 saturated carbocycles. The van der Waals surface area contributed by atoms with Crippen molar-refractivity contribution in [1.82, 2.24) is 5.32 Å². The van der Waals surface area contributed by atoms with E-state index in [2.05, 4.69) is 27.9 Å². The second-order valence-corrected chi connectivity index (χ2v) is 5.66. The van der Waals surface area contributed by atoms with Gasteiger partial charge in [-0.15, -0.1) is 0 Å². The van der Waals surface area contributed by atoms with Crippen molar-refractivity contribution < 1.29 is 8.78 Å². The monoisotopic (exact) mass is 393 g/mol. The fraction of sp³-hybridized carbons (Fsp3) is 0.143. The first kappa shape index (κ1) is 14.7. The summed E-state index contributed by atoms with van der Waals surface area (Å²) in [5.74, 6) is -1.70. The molecule has 0 aliphatic carbocycles. The molecule has 5 heteroatoms. The van der Waals surface area contributed by atoms with Gasteiger partial charge in [-0.05, 0) is 71.1 Å². The van der Waals surface area contributed by atoms with E-state index in [1.807, 2.05) is 12.1 Å². The van der Waals surface area contributed by atoms with Crippen LogP contribution in [0.15, 0.2) is 36.4 Å². The van der Waals surface area contributed by atoms with Crippen molar-refractivity contribution in [2.24, 2.45) is 0 Å². The third kappa shape index (κ3) is 3.24. The van der Waals surface area contributed by atoms with Crippen LogP contribution in [0, 0.1) is 15.2 Å². The van der Waals surface area contributed by atoms with Crippen molar-refractivity contribution in [2.75, 3.05) is 7.05 Å². The Morgan fingerprint density at radius 2 is 1.84 bits per heavy atom. The molecule has 0 saturated heterocycles. The maximum Gasteiger partial charge on any atom is 0.159 e. The molecule has 19 heavy (non-hydrogen) atoms. The topological polar surface area (TPSA) is 12.0 Å². The minimum Gasteiger partial charge on any atom is -0.309 e. The molecular weight excluding hydrogens is 383 g/mol. The van der Waals surface area contributed by atoms with E-state index in [-0.39, 0.29) is 6.04 Å². The van der Waals surface area contributed by atoms with E-state index < -0.39 is 11.6 Å². The van der Waals surface area contributed by atoms with E-state index >= 15 is 0 Å². The molecule has 0 aromatic heterocycles. The molecular formula is C14H11ClF2IN. The van der Waals surface area contributed by atoms with Crippen LogP contribution in [0.5, 0.6) is 0 Å². The molecule has 2 rings (SSSR count). The lowest BCUT2D eigenvalue weighted by Crippen LogP contribution is -2.19. The van der Waals surface area contributed by atoms with Crippen LogP contribution in [-0.2, 0) is 0 Å². The average molecular weight is 394 g/mol. The molecule has 1 N–H and O–H groups in total. The van der Waals surface area contributed by atoms with Crippen molar-refractivity contribution in [3.8, 4) is 0 Å². The Morgan fingerprint density at radius 3 is 2.47 bits per heavy atom. The lowest BCUT2D eigenvalue weighted by Gasteiger charge is -2.19. The third-order valence-electron chi connectivity index (χ3n) is 2.83. The summed E-state index contributed by atoms with van der Waals surface area (Å²) >= 11 is 8.19. The van der Waals surface area contributed by atoms with Gasteiger partial charge < -0.3 is 5.32 Å². The zero-order valence-corrected chi connectivity index (χ0v) is 13.0. The Morgan fingerprint density at radius 1 is 1.11 bits per heavy atom. The van der Waals surface area contributed by atoms with Crippen LogP contribution in [0.3, 0.4) is 0 Å². The van der Waals surface area contributed by atoms with Crippen LogP contribution in [-0.4, -0.2) is 7.05 Å². The number of benzene rings is 2. The highest BCUT2D eigenvalue weighted by Gasteiger charge is 2.17. The van der Waals surface area contributed by atoms with Crippen LogP contribution in [0.1, 0.15) is 17.2 Å². The van der Waals surface area contributed by atoms with Crippen LogP contribution < -0.4 is 5.32 Å². The van der Waals surface area contributed by atoms with Crippen molar-refractivity contribution in [1.29, 1.82) is 0 Å². The van der Waals surface area contributed by atoms with Gasteiger partial charge in [-0.1, -0.05) is 17.7 Å². The Labute approximate surface area is 129 Å². The van der Waals surface area contributed by atoms with Gasteiger partial charge in [-0.2, -0.15) is 0 Å². The van der Waals surface area contributed by atoms with E-state index in [1.165, 1.54) is 6.07 Å². The van der Waals surface area contributed by atoms with Gasteiger partial charge in [-0.3, -0.25) is 0 Å². The van der Waals surface area contributed by atoms with Gasteiger partial charge in [0.2, 0.25) is 0 Å². The quantitative estimate of drug-likeness (QED) is 0.756. The van der Waals surface area contributed by atoms with Crippen molar-refractivity contribution in [3.05, 3.63) is 67.8 Å². The maximum atomic E-state index is 13.3. The Kier molecular flexibility index (Phi) is 4.76. The molecule has 1 atom stereocenters. The molecule has 0 amide bonds. The van der Waals surface area contributed by atoms with Crippen LogP contribution in [0.25, 0.3) is 0 Å². The molecule has 1 nitrogen and oxygen atoms in total. The van der Waals surface area contributed by atoms with Gasteiger partial charge in [0.1, 0.15) is 0 Å². The van der Waals surface area contributed by atoms with E-state index in [1.54, 1.807) is 19.2 Å². The summed E-state index contributed by atoms with van der Waals surface area (Å²) in [7, 11) is 1.77. The maximum absolute atomic E-state index is 13.3. The van der Waals surface area contributed by atoms with E-state index in [4.69, 9.17) is 11.6 Å². The fourth-order valence-electron chi connectivity index (χ4n) is 1.93. The first-order valence-corrected chi connectivity index (χ1v) is 7.05. The highest BCUT2D eigenvalue weighted by molar-refractivity contribution is 14.1. The number of nitrogens with one attached hydrogen (secondary N) is 1. The van der Waals surface area contributed by atoms with Gasteiger partial charge in [0.15, 0.2) is 11.6 Å². The summed E-state index contributed by atoms with van der Waals surface area (Å²) in [5, 5.41) is 3.71. The summed E-state index contributed by atoms with van der Waals surface area (Å²) in [6.45, 7) is 0. The number of hydrogen-bond acceptors (Lipinski definition) is 1. The van der Waals surface area contributed by atoms with Gasteiger partial charge in [-0.25, -0.2) is 8.78 Å². The van der Waals surface area contributed by atoms with Gasteiger partial charge in [0.25, 0.3) is 0 Å². The number of rotatable bonds is 3. The second-order valence-electron chi connectivity index (χ2n) is 4.06. The molecule has 0 spiro atoms. The lowest BCUT2D eigenvalue weighted by atomic mass is 9.99. The first-order valence-electron chi connectivity index (χ1n) is 5.60. The number of hydrogen-bond donors (Lipinski definition) is 1. The highest BCUT2D eigenvalue weighted by atomic mass is 127. The summed E-state index contributed by atoms with van der Waals surface area (Å²) in [4.78, 5) is 0. The van der Waals surface area contributed by atoms with E-state index in [0.717, 1.165) is 15.2 Å². The summed E-state index contributed by atoms with van der Waals surface area (Å²) in [5.41, 5.74) is 1.59. The van der Waals surface area contributed by atoms with Crippen molar-refractivity contribution in [2.45, 2.75) is 6.04 Å². The molecule has 0 heterocycles. The Hall–Kier alpha value is -0.720.